The Balaban J connectivity index is 2.49. The molecule has 3 N–H and O–H groups in total. The number of phenols is 2. The van der Waals surface area contributed by atoms with E-state index >= 15 is 0 Å². The van der Waals surface area contributed by atoms with E-state index in [9.17, 15) is 15.0 Å². The van der Waals surface area contributed by atoms with Crippen LogP contribution < -0.4 is 5.32 Å². The number of hydrogen-bond acceptors (Lipinski definition) is 4. The maximum Gasteiger partial charge on any atom is 0.255 e. The molecular formula is C14H22N2O3. The minimum absolute atomic E-state index is 0.0959. The summed E-state index contributed by atoms with van der Waals surface area (Å²) >= 11 is 0. The lowest BCUT2D eigenvalue weighted by Gasteiger charge is -2.19. The predicted octanol–water partition coefficient (Wildman–Crippen LogP) is 1.56. The molecule has 0 radical (unpaired) electrons. The summed E-state index contributed by atoms with van der Waals surface area (Å²) in [6.07, 6.45) is 1.08. The van der Waals surface area contributed by atoms with Crippen LogP contribution in [0.2, 0.25) is 0 Å². The Kier molecular flexibility index (Phi) is 6.15. The van der Waals surface area contributed by atoms with Crippen molar-refractivity contribution in [1.29, 1.82) is 0 Å². The Morgan fingerprint density at radius 1 is 1.26 bits per heavy atom. The molecule has 5 heteroatoms. The zero-order valence-electron chi connectivity index (χ0n) is 11.5. The summed E-state index contributed by atoms with van der Waals surface area (Å²) in [7, 11) is 0. The van der Waals surface area contributed by atoms with E-state index in [2.05, 4.69) is 24.1 Å². The normalized spacial score (nSPS) is 10.7. The minimum Gasteiger partial charge on any atom is -0.504 e. The molecule has 1 amide bonds. The van der Waals surface area contributed by atoms with Crippen molar-refractivity contribution in [3.63, 3.8) is 0 Å². The van der Waals surface area contributed by atoms with Gasteiger partial charge in [0, 0.05) is 13.1 Å². The van der Waals surface area contributed by atoms with Gasteiger partial charge < -0.3 is 20.4 Å². The van der Waals surface area contributed by atoms with Gasteiger partial charge in [-0.3, -0.25) is 4.79 Å². The van der Waals surface area contributed by atoms with E-state index in [1.807, 2.05) is 0 Å². The number of likely N-dealkylation sites (N-methyl/N-ethyl adjacent to an activating group) is 1. The minimum atomic E-state index is -0.374. The Bertz CT molecular complexity index is 421. The van der Waals surface area contributed by atoms with Crippen molar-refractivity contribution < 1.29 is 15.0 Å². The molecule has 0 fully saturated rings. The fourth-order valence-corrected chi connectivity index (χ4v) is 1.88. The van der Waals surface area contributed by atoms with E-state index in [0.717, 1.165) is 26.1 Å². The molecule has 0 aliphatic heterocycles. The molecule has 0 bridgehead atoms. The van der Waals surface area contributed by atoms with Gasteiger partial charge in [0.05, 0.1) is 5.56 Å². The van der Waals surface area contributed by atoms with Gasteiger partial charge in [-0.1, -0.05) is 19.9 Å². The van der Waals surface area contributed by atoms with Crippen LogP contribution in [0.1, 0.15) is 30.6 Å². The number of aromatic hydroxyl groups is 2. The number of benzene rings is 1. The summed E-state index contributed by atoms with van der Waals surface area (Å²) < 4.78 is 0. The molecule has 0 saturated carbocycles. The lowest BCUT2D eigenvalue weighted by Crippen LogP contribution is -2.35. The number of phenolic OH excluding ortho intramolecular Hbond substituents is 2. The SMILES string of the molecule is CCCN(CC)CCNC(=O)c1cccc(O)c1O. The molecule has 19 heavy (non-hydrogen) atoms. The molecule has 0 aromatic heterocycles. The topological polar surface area (TPSA) is 72.8 Å². The smallest absolute Gasteiger partial charge is 0.255 e. The molecule has 0 atom stereocenters. The molecule has 1 aromatic rings. The molecule has 0 aliphatic carbocycles. The second kappa shape index (κ2) is 7.63. The van der Waals surface area contributed by atoms with Crippen molar-refractivity contribution in [3.8, 4) is 11.5 Å². The molecule has 1 rings (SSSR count). The second-order valence-electron chi connectivity index (χ2n) is 4.36. The Morgan fingerprint density at radius 2 is 2.00 bits per heavy atom. The van der Waals surface area contributed by atoms with Gasteiger partial charge in [0.2, 0.25) is 0 Å². The molecule has 0 aliphatic rings. The Hall–Kier alpha value is -1.75. The number of nitrogens with one attached hydrogen (secondary N) is 1. The standard InChI is InChI=1S/C14H22N2O3/c1-3-9-16(4-2)10-8-15-14(19)11-6-5-7-12(17)13(11)18/h5-7,17-18H,3-4,8-10H2,1-2H3,(H,15,19). The van der Waals surface area contributed by atoms with Crippen LogP contribution in [-0.4, -0.2) is 47.2 Å². The van der Waals surface area contributed by atoms with E-state index in [-0.39, 0.29) is 23.0 Å². The average molecular weight is 266 g/mol. The van der Waals surface area contributed by atoms with Crippen molar-refractivity contribution in [3.05, 3.63) is 23.8 Å². The number of para-hydroxylation sites is 1. The highest BCUT2D eigenvalue weighted by molar-refractivity contribution is 5.97. The average Bonchev–Trinajstić information content (AvgIpc) is 2.40. The van der Waals surface area contributed by atoms with E-state index in [1.54, 1.807) is 0 Å². The first-order valence-corrected chi connectivity index (χ1v) is 6.61. The first-order chi connectivity index (χ1) is 9.10. The van der Waals surface area contributed by atoms with Crippen LogP contribution in [-0.2, 0) is 0 Å². The zero-order chi connectivity index (χ0) is 14.3. The number of carbonyl (C=O) groups is 1. The van der Waals surface area contributed by atoms with E-state index < -0.39 is 0 Å². The second-order valence-corrected chi connectivity index (χ2v) is 4.36. The molecule has 0 heterocycles. The van der Waals surface area contributed by atoms with E-state index in [1.165, 1.54) is 18.2 Å². The third kappa shape index (κ3) is 4.44. The number of carbonyl (C=O) groups excluding carboxylic acids is 1. The van der Waals surface area contributed by atoms with Gasteiger partial charge in [0.1, 0.15) is 0 Å². The summed E-state index contributed by atoms with van der Waals surface area (Å²) in [6, 6.07) is 4.35. The fraction of sp³-hybridized carbons (Fsp3) is 0.500. The third-order valence-corrected chi connectivity index (χ3v) is 2.96. The first-order valence-electron chi connectivity index (χ1n) is 6.61. The maximum atomic E-state index is 11.8. The quantitative estimate of drug-likeness (QED) is 0.655. The highest BCUT2D eigenvalue weighted by atomic mass is 16.3. The van der Waals surface area contributed by atoms with Crippen LogP contribution in [0, 0.1) is 0 Å². The van der Waals surface area contributed by atoms with Crippen molar-refractivity contribution in [1.82, 2.24) is 10.2 Å². The van der Waals surface area contributed by atoms with Crippen LogP contribution in [0.5, 0.6) is 11.5 Å². The lowest BCUT2D eigenvalue weighted by atomic mass is 10.1. The zero-order valence-corrected chi connectivity index (χ0v) is 11.5. The number of rotatable bonds is 7. The van der Waals surface area contributed by atoms with Crippen LogP contribution in [0.25, 0.3) is 0 Å². The predicted molar refractivity (Wildman–Crippen MR) is 74.5 cm³/mol. The lowest BCUT2D eigenvalue weighted by molar-refractivity contribution is 0.0945. The largest absolute Gasteiger partial charge is 0.504 e. The van der Waals surface area contributed by atoms with Crippen LogP contribution in [0.15, 0.2) is 18.2 Å². The van der Waals surface area contributed by atoms with Crippen LogP contribution in [0.4, 0.5) is 0 Å². The Labute approximate surface area is 113 Å². The van der Waals surface area contributed by atoms with Gasteiger partial charge in [-0.25, -0.2) is 0 Å². The highest BCUT2D eigenvalue weighted by Gasteiger charge is 2.13. The molecular weight excluding hydrogens is 244 g/mol. The van der Waals surface area contributed by atoms with Crippen LogP contribution >= 0.6 is 0 Å². The van der Waals surface area contributed by atoms with Gasteiger partial charge in [-0.05, 0) is 31.6 Å². The first kappa shape index (κ1) is 15.3. The highest BCUT2D eigenvalue weighted by Crippen LogP contribution is 2.27. The van der Waals surface area contributed by atoms with Crippen molar-refractivity contribution in [2.24, 2.45) is 0 Å². The summed E-state index contributed by atoms with van der Waals surface area (Å²) in [6.45, 7) is 7.44. The number of hydrogen-bond donors (Lipinski definition) is 3. The van der Waals surface area contributed by atoms with Crippen molar-refractivity contribution in [2.45, 2.75) is 20.3 Å². The van der Waals surface area contributed by atoms with Gasteiger partial charge >= 0.3 is 0 Å². The number of amides is 1. The third-order valence-electron chi connectivity index (χ3n) is 2.96. The van der Waals surface area contributed by atoms with Crippen LogP contribution in [0.3, 0.4) is 0 Å². The molecule has 0 spiro atoms. The van der Waals surface area contributed by atoms with Crippen molar-refractivity contribution >= 4 is 5.91 Å². The molecule has 1 aromatic carbocycles. The van der Waals surface area contributed by atoms with Crippen molar-refractivity contribution in [2.75, 3.05) is 26.2 Å². The van der Waals surface area contributed by atoms with E-state index in [0.29, 0.717) is 6.54 Å². The molecule has 0 unspecified atom stereocenters. The van der Waals surface area contributed by atoms with Gasteiger partial charge in [0.25, 0.3) is 5.91 Å². The van der Waals surface area contributed by atoms with Gasteiger partial charge in [-0.15, -0.1) is 0 Å². The number of nitrogens with zero attached hydrogens (tertiary/aromatic N) is 1. The summed E-state index contributed by atoms with van der Waals surface area (Å²) in [5.41, 5.74) is 0.0959. The summed E-state index contributed by atoms with van der Waals surface area (Å²) in [5, 5.41) is 21.7. The molecule has 106 valence electrons. The monoisotopic (exact) mass is 266 g/mol. The van der Waals surface area contributed by atoms with E-state index in [4.69, 9.17) is 0 Å². The van der Waals surface area contributed by atoms with Gasteiger partial charge in [-0.2, -0.15) is 0 Å². The van der Waals surface area contributed by atoms with Gasteiger partial charge in [0.15, 0.2) is 11.5 Å². The molecule has 5 nitrogen and oxygen atoms in total. The fourth-order valence-electron chi connectivity index (χ4n) is 1.88. The molecule has 0 saturated heterocycles. The maximum absolute atomic E-state index is 11.8. The summed E-state index contributed by atoms with van der Waals surface area (Å²) in [5.74, 6) is -1.03. The Morgan fingerprint density at radius 3 is 2.63 bits per heavy atom. The summed E-state index contributed by atoms with van der Waals surface area (Å²) in [4.78, 5) is 14.1.